The third-order valence-corrected chi connectivity index (χ3v) is 6.23. The maximum absolute atomic E-state index is 12.9. The van der Waals surface area contributed by atoms with Crippen LogP contribution in [0.25, 0.3) is 17.1 Å². The number of carbonyl (C=O) groups is 3. The number of aromatic nitrogens is 2. The molecule has 0 aliphatic carbocycles. The highest BCUT2D eigenvalue weighted by atomic mass is 16.2. The number of H-pyrrole nitrogens is 1. The van der Waals surface area contributed by atoms with Gasteiger partial charge in [0.25, 0.3) is 11.5 Å². The van der Waals surface area contributed by atoms with Crippen molar-refractivity contribution in [3.63, 3.8) is 0 Å². The fourth-order valence-corrected chi connectivity index (χ4v) is 4.00. The summed E-state index contributed by atoms with van der Waals surface area (Å²) in [5.74, 6) is -0.376. The Morgan fingerprint density at radius 2 is 1.64 bits per heavy atom. The lowest BCUT2D eigenvalue weighted by Gasteiger charge is -2.33. The molecule has 3 aromatic rings. The highest BCUT2D eigenvalue weighted by Gasteiger charge is 2.28. The van der Waals surface area contributed by atoms with Crippen molar-refractivity contribution in [2.24, 2.45) is 5.41 Å². The average Bonchev–Trinajstić information content (AvgIpc) is 2.87. The van der Waals surface area contributed by atoms with Crippen LogP contribution in [0.15, 0.2) is 59.4 Å². The summed E-state index contributed by atoms with van der Waals surface area (Å²) in [5.41, 5.74) is 1.50. The van der Waals surface area contributed by atoms with E-state index in [1.807, 2.05) is 32.9 Å². The number of hydrogen-bond acceptors (Lipinski definition) is 5. The lowest BCUT2D eigenvalue weighted by molar-refractivity contribution is -0.129. The average molecular weight is 487 g/mol. The van der Waals surface area contributed by atoms with Gasteiger partial charge in [0.05, 0.1) is 11.0 Å². The summed E-state index contributed by atoms with van der Waals surface area (Å²) < 4.78 is 0. The first-order chi connectivity index (χ1) is 17.1. The van der Waals surface area contributed by atoms with Crippen LogP contribution >= 0.6 is 0 Å². The molecule has 2 aromatic carbocycles. The van der Waals surface area contributed by atoms with Crippen molar-refractivity contribution >= 4 is 34.7 Å². The molecule has 8 heteroatoms. The fraction of sp³-hybridized carbons (Fsp3) is 0.321. The second-order valence-electron chi connectivity index (χ2n) is 10.0. The standard InChI is InChI=1S/C28H30N4O4/c1-28(2,3)27(36)29-20-14-16-32(17-15-20)26(35)19-10-8-18(9-11-19)24(33)13-12-23-25(34)31-22-7-5-4-6-21(22)30-23/h4-13,20H,14-17H2,1-3H3,(H,29,36)(H,31,34)/b13-12+. The van der Waals surface area contributed by atoms with Crippen LogP contribution in [0.4, 0.5) is 0 Å². The molecule has 1 aromatic heterocycles. The van der Waals surface area contributed by atoms with Gasteiger partial charge >= 0.3 is 0 Å². The van der Waals surface area contributed by atoms with E-state index in [1.54, 1.807) is 41.3 Å². The molecule has 2 heterocycles. The first-order valence-corrected chi connectivity index (χ1v) is 12.0. The quantitative estimate of drug-likeness (QED) is 0.423. The van der Waals surface area contributed by atoms with Crippen molar-refractivity contribution in [2.45, 2.75) is 39.7 Å². The lowest BCUT2D eigenvalue weighted by atomic mass is 9.94. The molecule has 1 aliphatic heterocycles. The number of piperidine rings is 1. The van der Waals surface area contributed by atoms with Crippen LogP contribution in [-0.4, -0.2) is 51.6 Å². The van der Waals surface area contributed by atoms with Crippen LogP contribution in [-0.2, 0) is 4.79 Å². The molecule has 0 unspecified atom stereocenters. The summed E-state index contributed by atoms with van der Waals surface area (Å²) in [6, 6.07) is 13.7. The summed E-state index contributed by atoms with van der Waals surface area (Å²) in [6.07, 6.45) is 4.11. The van der Waals surface area contributed by atoms with Crippen LogP contribution in [0.3, 0.4) is 0 Å². The van der Waals surface area contributed by atoms with Crippen molar-refractivity contribution in [2.75, 3.05) is 13.1 Å². The Kier molecular flexibility index (Phi) is 7.15. The molecule has 1 fully saturated rings. The minimum absolute atomic E-state index is 0.0163. The van der Waals surface area contributed by atoms with Crippen LogP contribution in [0.5, 0.6) is 0 Å². The van der Waals surface area contributed by atoms with Gasteiger partial charge in [0.15, 0.2) is 5.78 Å². The van der Waals surface area contributed by atoms with E-state index in [-0.39, 0.29) is 34.9 Å². The van der Waals surface area contributed by atoms with Crippen molar-refractivity contribution in [1.82, 2.24) is 20.2 Å². The molecule has 0 bridgehead atoms. The zero-order valence-corrected chi connectivity index (χ0v) is 20.7. The number of nitrogens with zero attached hydrogens (tertiary/aromatic N) is 2. The minimum atomic E-state index is -0.441. The summed E-state index contributed by atoms with van der Waals surface area (Å²) in [5, 5.41) is 3.07. The summed E-state index contributed by atoms with van der Waals surface area (Å²) >= 11 is 0. The number of aromatic amines is 1. The Morgan fingerprint density at radius 3 is 2.31 bits per heavy atom. The summed E-state index contributed by atoms with van der Waals surface area (Å²) in [4.78, 5) is 58.8. The number of para-hydroxylation sites is 2. The van der Waals surface area contributed by atoms with Crippen molar-refractivity contribution < 1.29 is 14.4 Å². The van der Waals surface area contributed by atoms with Gasteiger partial charge in [-0.15, -0.1) is 0 Å². The molecule has 4 rings (SSSR count). The van der Waals surface area contributed by atoms with Gasteiger partial charge in [0.2, 0.25) is 5.91 Å². The Labute approximate surface area is 209 Å². The summed E-state index contributed by atoms with van der Waals surface area (Å²) in [6.45, 7) is 6.76. The van der Waals surface area contributed by atoms with Crippen LogP contribution in [0.2, 0.25) is 0 Å². The lowest BCUT2D eigenvalue weighted by Crippen LogP contribution is -2.49. The zero-order valence-electron chi connectivity index (χ0n) is 20.7. The van der Waals surface area contributed by atoms with Gasteiger partial charge in [-0.2, -0.15) is 0 Å². The number of rotatable bonds is 5. The van der Waals surface area contributed by atoms with E-state index in [0.717, 1.165) is 0 Å². The van der Waals surface area contributed by atoms with Gasteiger partial charge in [-0.05, 0) is 49.3 Å². The maximum Gasteiger partial charge on any atom is 0.274 e. The number of ketones is 1. The molecule has 0 saturated carbocycles. The molecular weight excluding hydrogens is 456 g/mol. The van der Waals surface area contributed by atoms with Gasteiger partial charge in [0, 0.05) is 35.7 Å². The molecule has 0 radical (unpaired) electrons. The highest BCUT2D eigenvalue weighted by molar-refractivity contribution is 6.07. The van der Waals surface area contributed by atoms with Crippen molar-refractivity contribution in [1.29, 1.82) is 0 Å². The monoisotopic (exact) mass is 486 g/mol. The summed E-state index contributed by atoms with van der Waals surface area (Å²) in [7, 11) is 0. The minimum Gasteiger partial charge on any atom is -0.353 e. The van der Waals surface area contributed by atoms with E-state index >= 15 is 0 Å². The second-order valence-corrected chi connectivity index (χ2v) is 10.0. The fourth-order valence-electron chi connectivity index (χ4n) is 4.00. The number of hydrogen-bond donors (Lipinski definition) is 2. The number of likely N-dealkylation sites (tertiary alicyclic amines) is 1. The zero-order chi connectivity index (χ0) is 25.9. The number of carbonyl (C=O) groups excluding carboxylic acids is 3. The van der Waals surface area contributed by atoms with E-state index in [4.69, 9.17) is 0 Å². The molecule has 0 spiro atoms. The third-order valence-electron chi connectivity index (χ3n) is 6.23. The number of amides is 2. The van der Waals surface area contributed by atoms with Crippen LogP contribution in [0.1, 0.15) is 60.0 Å². The van der Waals surface area contributed by atoms with Gasteiger partial charge in [-0.1, -0.05) is 45.0 Å². The Balaban J connectivity index is 1.36. The first kappa shape index (κ1) is 25.0. The Hall–Kier alpha value is -4.07. The van der Waals surface area contributed by atoms with E-state index in [2.05, 4.69) is 15.3 Å². The molecule has 0 atom stereocenters. The topological polar surface area (TPSA) is 112 Å². The number of benzene rings is 2. The van der Waals surface area contributed by atoms with Crippen molar-refractivity contribution in [3.8, 4) is 0 Å². The Bertz CT molecular complexity index is 1380. The normalized spacial score (nSPS) is 14.8. The molecule has 1 saturated heterocycles. The molecule has 1 aliphatic rings. The predicted molar refractivity (Wildman–Crippen MR) is 139 cm³/mol. The van der Waals surface area contributed by atoms with E-state index in [9.17, 15) is 19.2 Å². The highest BCUT2D eigenvalue weighted by Crippen LogP contribution is 2.18. The van der Waals surface area contributed by atoms with Crippen LogP contribution < -0.4 is 10.9 Å². The second kappa shape index (κ2) is 10.3. The number of nitrogens with one attached hydrogen (secondary N) is 2. The van der Waals surface area contributed by atoms with Gasteiger partial charge < -0.3 is 15.2 Å². The van der Waals surface area contributed by atoms with Gasteiger partial charge in [-0.25, -0.2) is 4.98 Å². The SMILES string of the molecule is CC(C)(C)C(=O)NC1CCN(C(=O)c2ccc(C(=O)/C=C/c3nc4ccccc4[nH]c3=O)cc2)CC1. The smallest absolute Gasteiger partial charge is 0.274 e. The molecular formula is C28H30N4O4. The number of fused-ring (bicyclic) bond motifs is 1. The maximum atomic E-state index is 12.9. The van der Waals surface area contributed by atoms with E-state index in [0.29, 0.717) is 48.1 Å². The molecule has 2 amide bonds. The molecule has 8 nitrogen and oxygen atoms in total. The largest absolute Gasteiger partial charge is 0.353 e. The van der Waals surface area contributed by atoms with Crippen molar-refractivity contribution in [3.05, 3.63) is 81.8 Å². The molecule has 36 heavy (non-hydrogen) atoms. The van der Waals surface area contributed by atoms with Gasteiger partial charge in [0.1, 0.15) is 5.69 Å². The molecule has 2 N–H and O–H groups in total. The predicted octanol–water partition coefficient (Wildman–Crippen LogP) is 3.59. The number of allylic oxidation sites excluding steroid dienone is 1. The van der Waals surface area contributed by atoms with E-state index < -0.39 is 5.41 Å². The van der Waals surface area contributed by atoms with E-state index in [1.165, 1.54) is 12.2 Å². The van der Waals surface area contributed by atoms with Crippen LogP contribution in [0, 0.1) is 5.41 Å². The van der Waals surface area contributed by atoms with Gasteiger partial charge in [-0.3, -0.25) is 19.2 Å². The molecule has 186 valence electrons. The Morgan fingerprint density at radius 1 is 1.00 bits per heavy atom. The first-order valence-electron chi connectivity index (χ1n) is 12.0. The third kappa shape index (κ3) is 5.76.